The normalized spacial score (nSPS) is 23.1. The lowest BCUT2D eigenvalue weighted by molar-refractivity contribution is 0.0907. The van der Waals surface area contributed by atoms with Crippen LogP contribution in [0.3, 0.4) is 0 Å². The second-order valence-corrected chi connectivity index (χ2v) is 5.60. The molecule has 1 aromatic carbocycles. The maximum absolute atomic E-state index is 12.1. The van der Waals surface area contributed by atoms with Crippen LogP contribution in [0.25, 0.3) is 0 Å². The van der Waals surface area contributed by atoms with Crippen molar-refractivity contribution in [2.75, 3.05) is 13.2 Å². The van der Waals surface area contributed by atoms with Gasteiger partial charge in [-0.1, -0.05) is 22.0 Å². The van der Waals surface area contributed by atoms with E-state index < -0.39 is 0 Å². The van der Waals surface area contributed by atoms with Gasteiger partial charge in [0.1, 0.15) is 0 Å². The van der Waals surface area contributed by atoms with Gasteiger partial charge in [-0.15, -0.1) is 0 Å². The standard InChI is InChI=1S/C14H18BrNO2/c1-9-12(4-3-5-13(9)15)14(17)16-8-11-6-7-18-10(11)2/h3-5,10-11H,6-8H2,1-2H3,(H,16,17). The zero-order valence-corrected chi connectivity index (χ0v) is 12.3. The molecule has 3 nitrogen and oxygen atoms in total. The smallest absolute Gasteiger partial charge is 0.251 e. The fraction of sp³-hybridized carbons (Fsp3) is 0.500. The topological polar surface area (TPSA) is 38.3 Å². The van der Waals surface area contributed by atoms with Crippen LogP contribution in [0.5, 0.6) is 0 Å². The maximum Gasteiger partial charge on any atom is 0.251 e. The van der Waals surface area contributed by atoms with E-state index in [4.69, 9.17) is 4.74 Å². The molecule has 18 heavy (non-hydrogen) atoms. The molecule has 1 aliphatic rings. The molecule has 1 heterocycles. The molecule has 0 spiro atoms. The van der Waals surface area contributed by atoms with Gasteiger partial charge in [-0.3, -0.25) is 4.79 Å². The maximum atomic E-state index is 12.1. The van der Waals surface area contributed by atoms with Crippen molar-refractivity contribution in [1.82, 2.24) is 5.32 Å². The molecule has 1 N–H and O–H groups in total. The molecule has 0 bridgehead atoms. The van der Waals surface area contributed by atoms with Gasteiger partial charge in [-0.25, -0.2) is 0 Å². The zero-order valence-electron chi connectivity index (χ0n) is 10.7. The highest BCUT2D eigenvalue weighted by Gasteiger charge is 2.24. The quantitative estimate of drug-likeness (QED) is 0.932. The summed E-state index contributed by atoms with van der Waals surface area (Å²) in [5.41, 5.74) is 1.71. The zero-order chi connectivity index (χ0) is 13.1. The Balaban J connectivity index is 1.97. The van der Waals surface area contributed by atoms with Crippen LogP contribution in [-0.2, 0) is 4.74 Å². The largest absolute Gasteiger partial charge is 0.378 e. The predicted molar refractivity (Wildman–Crippen MR) is 74.7 cm³/mol. The lowest BCUT2D eigenvalue weighted by atomic mass is 10.0. The van der Waals surface area contributed by atoms with Crippen LogP contribution < -0.4 is 5.32 Å². The van der Waals surface area contributed by atoms with Crippen LogP contribution in [0.2, 0.25) is 0 Å². The molecule has 1 saturated heterocycles. The van der Waals surface area contributed by atoms with Crippen molar-refractivity contribution in [2.24, 2.45) is 5.92 Å². The van der Waals surface area contributed by atoms with Gasteiger partial charge >= 0.3 is 0 Å². The molecule has 1 aromatic rings. The Labute approximate surface area is 116 Å². The third-order valence-electron chi connectivity index (χ3n) is 3.57. The summed E-state index contributed by atoms with van der Waals surface area (Å²) in [6, 6.07) is 5.68. The third-order valence-corrected chi connectivity index (χ3v) is 4.43. The molecule has 0 aliphatic carbocycles. The van der Waals surface area contributed by atoms with E-state index in [-0.39, 0.29) is 12.0 Å². The summed E-state index contributed by atoms with van der Waals surface area (Å²) in [6.45, 7) is 5.50. The number of ether oxygens (including phenoxy) is 1. The van der Waals surface area contributed by atoms with Crippen molar-refractivity contribution in [3.05, 3.63) is 33.8 Å². The number of hydrogen-bond acceptors (Lipinski definition) is 2. The molecular weight excluding hydrogens is 294 g/mol. The lowest BCUT2D eigenvalue weighted by Crippen LogP contribution is -2.32. The fourth-order valence-electron chi connectivity index (χ4n) is 2.22. The fourth-order valence-corrected chi connectivity index (χ4v) is 2.58. The van der Waals surface area contributed by atoms with E-state index in [0.29, 0.717) is 12.5 Å². The molecule has 0 aromatic heterocycles. The number of carbonyl (C=O) groups excluding carboxylic acids is 1. The van der Waals surface area contributed by atoms with Crippen LogP contribution in [-0.4, -0.2) is 25.2 Å². The van der Waals surface area contributed by atoms with Crippen molar-refractivity contribution in [2.45, 2.75) is 26.4 Å². The minimum atomic E-state index is -0.00657. The van der Waals surface area contributed by atoms with E-state index in [0.717, 1.165) is 28.6 Å². The number of rotatable bonds is 3. The Hall–Kier alpha value is -0.870. The van der Waals surface area contributed by atoms with Crippen LogP contribution in [0.4, 0.5) is 0 Å². The van der Waals surface area contributed by atoms with Crippen molar-refractivity contribution in [1.29, 1.82) is 0 Å². The van der Waals surface area contributed by atoms with Crippen LogP contribution in [0.1, 0.15) is 29.3 Å². The first-order chi connectivity index (χ1) is 8.59. The highest BCUT2D eigenvalue weighted by molar-refractivity contribution is 9.10. The number of amides is 1. The molecule has 1 aliphatic heterocycles. The average Bonchev–Trinajstić information content (AvgIpc) is 2.75. The Bertz CT molecular complexity index is 447. The molecule has 0 saturated carbocycles. The van der Waals surface area contributed by atoms with Gasteiger partial charge in [0, 0.05) is 29.1 Å². The van der Waals surface area contributed by atoms with Gasteiger partial charge in [-0.05, 0) is 38.0 Å². The van der Waals surface area contributed by atoms with Crippen LogP contribution >= 0.6 is 15.9 Å². The van der Waals surface area contributed by atoms with E-state index >= 15 is 0 Å². The molecule has 4 heteroatoms. The predicted octanol–water partition coefficient (Wildman–Crippen LogP) is 2.91. The van der Waals surface area contributed by atoms with E-state index in [9.17, 15) is 4.79 Å². The summed E-state index contributed by atoms with van der Waals surface area (Å²) < 4.78 is 6.45. The Morgan fingerprint density at radius 2 is 2.33 bits per heavy atom. The van der Waals surface area contributed by atoms with Gasteiger partial charge in [0.05, 0.1) is 6.10 Å². The molecule has 1 fully saturated rings. The van der Waals surface area contributed by atoms with Crippen molar-refractivity contribution in [3.8, 4) is 0 Å². The second kappa shape index (κ2) is 5.85. The first-order valence-corrected chi connectivity index (χ1v) is 7.04. The Morgan fingerprint density at radius 3 is 3.00 bits per heavy atom. The summed E-state index contributed by atoms with van der Waals surface area (Å²) in [5, 5.41) is 3.00. The minimum Gasteiger partial charge on any atom is -0.378 e. The monoisotopic (exact) mass is 311 g/mol. The first-order valence-electron chi connectivity index (χ1n) is 6.24. The van der Waals surface area contributed by atoms with E-state index in [1.54, 1.807) is 0 Å². The van der Waals surface area contributed by atoms with Crippen LogP contribution in [0.15, 0.2) is 22.7 Å². The molecular formula is C14H18BrNO2. The van der Waals surface area contributed by atoms with Crippen molar-refractivity contribution in [3.63, 3.8) is 0 Å². The minimum absolute atomic E-state index is 0.00657. The summed E-state index contributed by atoms with van der Waals surface area (Å²) in [6.07, 6.45) is 1.27. The Morgan fingerprint density at radius 1 is 1.56 bits per heavy atom. The van der Waals surface area contributed by atoms with E-state index in [1.807, 2.05) is 25.1 Å². The molecule has 98 valence electrons. The lowest BCUT2D eigenvalue weighted by Gasteiger charge is -2.15. The number of nitrogens with one attached hydrogen (secondary N) is 1. The van der Waals surface area contributed by atoms with Gasteiger partial charge < -0.3 is 10.1 Å². The van der Waals surface area contributed by atoms with Gasteiger partial charge in [-0.2, -0.15) is 0 Å². The molecule has 1 amide bonds. The molecule has 0 radical (unpaired) electrons. The van der Waals surface area contributed by atoms with E-state index in [2.05, 4.69) is 28.2 Å². The van der Waals surface area contributed by atoms with Gasteiger partial charge in [0.15, 0.2) is 0 Å². The first kappa shape index (κ1) is 13.6. The summed E-state index contributed by atoms with van der Waals surface area (Å²) in [5.74, 6) is 0.425. The van der Waals surface area contributed by atoms with Crippen molar-refractivity contribution >= 4 is 21.8 Å². The molecule has 2 atom stereocenters. The highest BCUT2D eigenvalue weighted by Crippen LogP contribution is 2.21. The Kier molecular flexibility index (Phi) is 4.40. The summed E-state index contributed by atoms with van der Waals surface area (Å²) in [4.78, 5) is 12.1. The van der Waals surface area contributed by atoms with E-state index in [1.165, 1.54) is 0 Å². The number of benzene rings is 1. The molecule has 2 unspecified atom stereocenters. The van der Waals surface area contributed by atoms with Crippen LogP contribution in [0, 0.1) is 12.8 Å². The van der Waals surface area contributed by atoms with Gasteiger partial charge in [0.2, 0.25) is 0 Å². The number of halogens is 1. The second-order valence-electron chi connectivity index (χ2n) is 4.75. The SMILES string of the molecule is Cc1c(Br)cccc1C(=O)NCC1CCOC1C. The van der Waals surface area contributed by atoms with Gasteiger partial charge in [0.25, 0.3) is 5.91 Å². The summed E-state index contributed by atoms with van der Waals surface area (Å²) in [7, 11) is 0. The van der Waals surface area contributed by atoms with Crippen molar-refractivity contribution < 1.29 is 9.53 Å². The third kappa shape index (κ3) is 2.93. The number of carbonyl (C=O) groups is 1. The number of hydrogen-bond donors (Lipinski definition) is 1. The molecule has 2 rings (SSSR count). The average molecular weight is 312 g/mol. The highest BCUT2D eigenvalue weighted by atomic mass is 79.9. The summed E-state index contributed by atoms with van der Waals surface area (Å²) >= 11 is 3.44.